The van der Waals surface area contributed by atoms with Gasteiger partial charge in [-0.1, -0.05) is 6.92 Å². The van der Waals surface area contributed by atoms with E-state index in [0.29, 0.717) is 17.4 Å². The number of nitrogen functional groups attached to an aromatic ring is 1. The smallest absolute Gasteiger partial charge is 0.145 e. The van der Waals surface area contributed by atoms with Gasteiger partial charge < -0.3 is 20.1 Å². The second-order valence-electron chi connectivity index (χ2n) is 5.50. The van der Waals surface area contributed by atoms with Crippen molar-refractivity contribution in [3.63, 3.8) is 0 Å². The molecule has 0 aliphatic carbocycles. The topological polar surface area (TPSA) is 47.7 Å². The minimum Gasteiger partial charge on any atom is -0.494 e. The highest BCUT2D eigenvalue weighted by atomic mass is 16.5. The van der Waals surface area contributed by atoms with Crippen molar-refractivity contribution >= 4 is 5.69 Å². The summed E-state index contributed by atoms with van der Waals surface area (Å²) in [6.07, 6.45) is 3.70. The molecule has 20 heavy (non-hydrogen) atoms. The Bertz CT molecular complexity index is 415. The Morgan fingerprint density at radius 2 is 2.05 bits per heavy atom. The van der Waals surface area contributed by atoms with E-state index in [2.05, 4.69) is 11.8 Å². The Morgan fingerprint density at radius 3 is 2.70 bits per heavy atom. The molecule has 4 heteroatoms. The fourth-order valence-electron chi connectivity index (χ4n) is 2.69. The van der Waals surface area contributed by atoms with E-state index in [4.69, 9.17) is 15.2 Å². The SMILES string of the molecule is CCCN1CCC(COc2ccc(N)c(OC)c2)CC1. The van der Waals surface area contributed by atoms with E-state index in [1.807, 2.05) is 18.2 Å². The monoisotopic (exact) mass is 278 g/mol. The van der Waals surface area contributed by atoms with Crippen LogP contribution in [0.1, 0.15) is 26.2 Å². The maximum atomic E-state index is 5.88. The van der Waals surface area contributed by atoms with Crippen LogP contribution in [0.25, 0.3) is 0 Å². The molecule has 0 bridgehead atoms. The molecule has 0 saturated carbocycles. The number of nitrogens with two attached hydrogens (primary N) is 1. The number of likely N-dealkylation sites (tertiary alicyclic amines) is 1. The highest BCUT2D eigenvalue weighted by Gasteiger charge is 2.19. The van der Waals surface area contributed by atoms with Gasteiger partial charge in [0.15, 0.2) is 0 Å². The van der Waals surface area contributed by atoms with Crippen molar-refractivity contribution in [1.82, 2.24) is 4.90 Å². The lowest BCUT2D eigenvalue weighted by molar-refractivity contribution is 0.141. The molecule has 1 aromatic carbocycles. The van der Waals surface area contributed by atoms with Crippen LogP contribution in [0, 0.1) is 5.92 Å². The average Bonchev–Trinajstić information content (AvgIpc) is 2.48. The van der Waals surface area contributed by atoms with Crippen LogP contribution in [0.15, 0.2) is 18.2 Å². The number of rotatable bonds is 6. The minimum absolute atomic E-state index is 0.646. The third-order valence-electron chi connectivity index (χ3n) is 3.94. The molecule has 0 atom stereocenters. The second-order valence-corrected chi connectivity index (χ2v) is 5.50. The van der Waals surface area contributed by atoms with Gasteiger partial charge in [-0.15, -0.1) is 0 Å². The molecule has 1 aliphatic rings. The highest BCUT2D eigenvalue weighted by molar-refractivity contribution is 5.55. The Morgan fingerprint density at radius 1 is 1.30 bits per heavy atom. The largest absolute Gasteiger partial charge is 0.494 e. The van der Waals surface area contributed by atoms with Crippen molar-refractivity contribution in [3.8, 4) is 11.5 Å². The van der Waals surface area contributed by atoms with Crippen molar-refractivity contribution < 1.29 is 9.47 Å². The molecule has 2 N–H and O–H groups in total. The van der Waals surface area contributed by atoms with Crippen LogP contribution in [0.2, 0.25) is 0 Å². The van der Waals surface area contributed by atoms with Gasteiger partial charge in [0, 0.05) is 6.07 Å². The van der Waals surface area contributed by atoms with Crippen molar-refractivity contribution in [2.75, 3.05) is 39.1 Å². The van der Waals surface area contributed by atoms with E-state index in [1.165, 1.54) is 38.9 Å². The van der Waals surface area contributed by atoms with Gasteiger partial charge in [-0.25, -0.2) is 0 Å². The second kappa shape index (κ2) is 7.39. The molecule has 1 aliphatic heterocycles. The molecule has 0 aromatic heterocycles. The summed E-state index contributed by atoms with van der Waals surface area (Å²) in [5.41, 5.74) is 6.44. The summed E-state index contributed by atoms with van der Waals surface area (Å²) in [5.74, 6) is 2.18. The first-order chi connectivity index (χ1) is 9.72. The molecular weight excluding hydrogens is 252 g/mol. The Hall–Kier alpha value is -1.42. The molecule has 4 nitrogen and oxygen atoms in total. The van der Waals surface area contributed by atoms with Crippen molar-refractivity contribution in [1.29, 1.82) is 0 Å². The molecule has 2 rings (SSSR count). The molecule has 0 unspecified atom stereocenters. The summed E-state index contributed by atoms with van der Waals surface area (Å²) >= 11 is 0. The lowest BCUT2D eigenvalue weighted by Gasteiger charge is -2.31. The lowest BCUT2D eigenvalue weighted by Crippen LogP contribution is -2.35. The van der Waals surface area contributed by atoms with Gasteiger partial charge in [0.25, 0.3) is 0 Å². The van der Waals surface area contributed by atoms with E-state index in [-0.39, 0.29) is 0 Å². The van der Waals surface area contributed by atoms with E-state index >= 15 is 0 Å². The quantitative estimate of drug-likeness (QED) is 0.813. The number of anilines is 1. The minimum atomic E-state index is 0.646. The number of methoxy groups -OCH3 is 1. The molecule has 0 amide bonds. The summed E-state index contributed by atoms with van der Waals surface area (Å²) in [6, 6.07) is 5.60. The fraction of sp³-hybridized carbons (Fsp3) is 0.625. The van der Waals surface area contributed by atoms with Crippen molar-refractivity contribution in [3.05, 3.63) is 18.2 Å². The zero-order chi connectivity index (χ0) is 14.4. The molecular formula is C16H26N2O2. The Labute approximate surface area is 121 Å². The Balaban J connectivity index is 1.78. The molecule has 112 valence electrons. The van der Waals surface area contributed by atoms with E-state index in [1.54, 1.807) is 7.11 Å². The van der Waals surface area contributed by atoms with Gasteiger partial charge in [-0.2, -0.15) is 0 Å². The van der Waals surface area contributed by atoms with Crippen molar-refractivity contribution in [2.24, 2.45) is 5.92 Å². The molecule has 0 spiro atoms. The Kier molecular flexibility index (Phi) is 5.53. The van der Waals surface area contributed by atoms with Crippen LogP contribution in [-0.4, -0.2) is 38.3 Å². The predicted octanol–water partition coefficient (Wildman–Crippen LogP) is 2.78. The van der Waals surface area contributed by atoms with Gasteiger partial charge in [-0.3, -0.25) is 0 Å². The van der Waals surface area contributed by atoms with Crippen molar-refractivity contribution in [2.45, 2.75) is 26.2 Å². The summed E-state index contributed by atoms with van der Waals surface area (Å²) in [5, 5.41) is 0. The summed E-state index contributed by atoms with van der Waals surface area (Å²) in [4.78, 5) is 2.54. The van der Waals surface area contributed by atoms with Crippen LogP contribution in [-0.2, 0) is 0 Å². The highest BCUT2D eigenvalue weighted by Crippen LogP contribution is 2.27. The molecule has 1 aromatic rings. The zero-order valence-electron chi connectivity index (χ0n) is 12.6. The molecule has 0 radical (unpaired) electrons. The summed E-state index contributed by atoms with van der Waals surface area (Å²) in [7, 11) is 1.62. The third kappa shape index (κ3) is 4.04. The lowest BCUT2D eigenvalue weighted by atomic mass is 9.98. The predicted molar refractivity (Wildman–Crippen MR) is 82.4 cm³/mol. The first kappa shape index (κ1) is 15.0. The molecule has 1 saturated heterocycles. The molecule has 1 fully saturated rings. The number of nitrogens with zero attached hydrogens (tertiary/aromatic N) is 1. The summed E-state index contributed by atoms with van der Waals surface area (Å²) in [6.45, 7) is 6.65. The van der Waals surface area contributed by atoms with E-state index < -0.39 is 0 Å². The van der Waals surface area contributed by atoms with Crippen LogP contribution in [0.3, 0.4) is 0 Å². The number of ether oxygens (including phenoxy) is 2. The normalized spacial score (nSPS) is 17.1. The van der Waals surface area contributed by atoms with Gasteiger partial charge in [0.2, 0.25) is 0 Å². The van der Waals surface area contributed by atoms with E-state index in [9.17, 15) is 0 Å². The van der Waals surface area contributed by atoms with Crippen LogP contribution >= 0.6 is 0 Å². The average molecular weight is 278 g/mol. The first-order valence-electron chi connectivity index (χ1n) is 7.51. The van der Waals surface area contributed by atoms with Gasteiger partial charge in [0.1, 0.15) is 11.5 Å². The fourth-order valence-corrected chi connectivity index (χ4v) is 2.69. The standard InChI is InChI=1S/C16H26N2O2/c1-3-8-18-9-6-13(7-10-18)12-20-14-4-5-15(17)16(11-14)19-2/h4-5,11,13H,3,6-10,12,17H2,1-2H3. The van der Waals surface area contributed by atoms with Gasteiger partial charge in [0.05, 0.1) is 19.4 Å². The number of piperidine rings is 1. The number of benzene rings is 1. The maximum Gasteiger partial charge on any atom is 0.145 e. The van der Waals surface area contributed by atoms with Crippen LogP contribution in [0.4, 0.5) is 5.69 Å². The maximum absolute atomic E-state index is 5.88. The summed E-state index contributed by atoms with van der Waals surface area (Å²) < 4.78 is 11.1. The number of hydrogen-bond donors (Lipinski definition) is 1. The van der Waals surface area contributed by atoms with Crippen LogP contribution in [0.5, 0.6) is 11.5 Å². The number of hydrogen-bond acceptors (Lipinski definition) is 4. The first-order valence-corrected chi connectivity index (χ1v) is 7.51. The van der Waals surface area contributed by atoms with Gasteiger partial charge in [-0.05, 0) is 56.9 Å². The van der Waals surface area contributed by atoms with E-state index in [0.717, 1.165) is 12.4 Å². The molecule has 1 heterocycles. The zero-order valence-corrected chi connectivity index (χ0v) is 12.6. The van der Waals surface area contributed by atoms with Gasteiger partial charge >= 0.3 is 0 Å². The van der Waals surface area contributed by atoms with Crippen LogP contribution < -0.4 is 15.2 Å². The third-order valence-corrected chi connectivity index (χ3v) is 3.94.